The van der Waals surface area contributed by atoms with Crippen LogP contribution in [0.25, 0.3) is 0 Å². The molecule has 0 aliphatic heterocycles. The van der Waals surface area contributed by atoms with Crippen LogP contribution in [0.4, 0.5) is 4.39 Å². The Kier molecular flexibility index (Phi) is 2.23. The van der Waals surface area contributed by atoms with E-state index in [2.05, 4.69) is 0 Å². The van der Waals surface area contributed by atoms with Crippen LogP contribution < -0.4 is 0 Å². The van der Waals surface area contributed by atoms with Crippen LogP contribution in [0.3, 0.4) is 0 Å². The summed E-state index contributed by atoms with van der Waals surface area (Å²) in [6.07, 6.45) is 0.377. The zero-order valence-electron chi connectivity index (χ0n) is 7.98. The minimum absolute atomic E-state index is 0.178. The first-order valence-electron chi connectivity index (χ1n) is 4.71. The molecule has 1 aliphatic rings. The van der Waals surface area contributed by atoms with Gasteiger partial charge in [0, 0.05) is 12.5 Å². The number of hydrogen-bond donors (Lipinski definition) is 2. The fourth-order valence-electron chi connectivity index (χ4n) is 2.06. The van der Waals surface area contributed by atoms with E-state index in [1.807, 2.05) is 0 Å². The van der Waals surface area contributed by atoms with Gasteiger partial charge >= 0.3 is 5.97 Å². The number of aliphatic hydroxyl groups excluding tert-OH is 1. The number of hydrogen-bond acceptors (Lipinski definition) is 2. The van der Waals surface area contributed by atoms with Crippen LogP contribution in [-0.4, -0.2) is 22.8 Å². The molecule has 0 spiro atoms. The van der Waals surface area contributed by atoms with Crippen molar-refractivity contribution in [3.05, 3.63) is 35.6 Å². The summed E-state index contributed by atoms with van der Waals surface area (Å²) < 4.78 is 13.0. The van der Waals surface area contributed by atoms with Gasteiger partial charge in [0.25, 0.3) is 0 Å². The van der Waals surface area contributed by atoms with Crippen molar-refractivity contribution in [1.82, 2.24) is 0 Å². The highest BCUT2D eigenvalue weighted by atomic mass is 19.1. The Morgan fingerprint density at radius 3 is 2.80 bits per heavy atom. The Hall–Kier alpha value is -1.42. The van der Waals surface area contributed by atoms with Crippen molar-refractivity contribution in [1.29, 1.82) is 0 Å². The molecule has 0 heterocycles. The minimum Gasteiger partial charge on any atom is -0.481 e. The van der Waals surface area contributed by atoms with E-state index in [9.17, 15) is 9.18 Å². The lowest BCUT2D eigenvalue weighted by Crippen LogP contribution is -2.23. The van der Waals surface area contributed by atoms with Crippen molar-refractivity contribution in [3.63, 3.8) is 0 Å². The molecule has 4 heteroatoms. The predicted molar refractivity (Wildman–Crippen MR) is 50.9 cm³/mol. The number of halogens is 1. The lowest BCUT2D eigenvalue weighted by atomic mass is 9.93. The highest BCUT2D eigenvalue weighted by Crippen LogP contribution is 2.54. The van der Waals surface area contributed by atoms with E-state index in [1.54, 1.807) is 6.07 Å². The maximum absolute atomic E-state index is 13.0. The lowest BCUT2D eigenvalue weighted by molar-refractivity contribution is -0.140. The maximum Gasteiger partial charge on any atom is 0.314 e. The van der Waals surface area contributed by atoms with Gasteiger partial charge in [-0.1, -0.05) is 12.1 Å². The second kappa shape index (κ2) is 3.31. The van der Waals surface area contributed by atoms with E-state index in [-0.39, 0.29) is 12.5 Å². The van der Waals surface area contributed by atoms with Gasteiger partial charge in [-0.3, -0.25) is 4.79 Å². The van der Waals surface area contributed by atoms with Crippen molar-refractivity contribution in [2.75, 3.05) is 6.61 Å². The predicted octanol–water partition coefficient (Wildman–Crippen LogP) is 1.16. The van der Waals surface area contributed by atoms with E-state index in [0.717, 1.165) is 0 Å². The molecule has 2 N–H and O–H groups in total. The van der Waals surface area contributed by atoms with Crippen molar-refractivity contribution in [2.24, 2.45) is 5.92 Å². The fourth-order valence-corrected chi connectivity index (χ4v) is 2.06. The molecule has 1 fully saturated rings. The highest BCUT2D eigenvalue weighted by molar-refractivity contribution is 5.85. The van der Waals surface area contributed by atoms with E-state index < -0.39 is 17.2 Å². The molecule has 1 aromatic carbocycles. The van der Waals surface area contributed by atoms with E-state index in [0.29, 0.717) is 12.0 Å². The van der Waals surface area contributed by atoms with Gasteiger partial charge in [0.05, 0.1) is 5.41 Å². The summed E-state index contributed by atoms with van der Waals surface area (Å²) in [7, 11) is 0. The number of benzene rings is 1. The van der Waals surface area contributed by atoms with Crippen LogP contribution in [0.15, 0.2) is 24.3 Å². The molecule has 3 nitrogen and oxygen atoms in total. The molecule has 2 atom stereocenters. The Balaban J connectivity index is 2.40. The van der Waals surface area contributed by atoms with Crippen LogP contribution in [0, 0.1) is 11.7 Å². The molecule has 0 amide bonds. The molecule has 0 bridgehead atoms. The van der Waals surface area contributed by atoms with Crippen LogP contribution in [0.5, 0.6) is 0 Å². The molecular weight excluding hydrogens is 199 g/mol. The molecule has 0 saturated heterocycles. The van der Waals surface area contributed by atoms with Gasteiger partial charge in [-0.15, -0.1) is 0 Å². The van der Waals surface area contributed by atoms with Gasteiger partial charge in [0.2, 0.25) is 0 Å². The van der Waals surface area contributed by atoms with E-state index in [1.165, 1.54) is 18.2 Å². The van der Waals surface area contributed by atoms with Gasteiger partial charge in [-0.25, -0.2) is 4.39 Å². The molecule has 0 radical (unpaired) electrons. The smallest absolute Gasteiger partial charge is 0.314 e. The second-order valence-corrected chi connectivity index (χ2v) is 3.87. The topological polar surface area (TPSA) is 57.5 Å². The fraction of sp³-hybridized carbons (Fsp3) is 0.364. The number of rotatable bonds is 3. The maximum atomic E-state index is 13.0. The number of aliphatic carboxylic acids is 1. The quantitative estimate of drug-likeness (QED) is 0.787. The summed E-state index contributed by atoms with van der Waals surface area (Å²) in [5.41, 5.74) is -0.634. The van der Waals surface area contributed by atoms with Crippen molar-refractivity contribution in [2.45, 2.75) is 11.8 Å². The Morgan fingerprint density at radius 2 is 2.33 bits per heavy atom. The first-order valence-corrected chi connectivity index (χ1v) is 4.71. The zero-order valence-corrected chi connectivity index (χ0v) is 7.98. The normalized spacial score (nSPS) is 28.8. The van der Waals surface area contributed by atoms with Gasteiger partial charge in [-0.05, 0) is 24.1 Å². The molecular formula is C11H11FO3. The summed E-state index contributed by atoms with van der Waals surface area (Å²) in [5.74, 6) is -1.74. The van der Waals surface area contributed by atoms with Gasteiger partial charge in [-0.2, -0.15) is 0 Å². The van der Waals surface area contributed by atoms with Crippen LogP contribution in [-0.2, 0) is 10.2 Å². The van der Waals surface area contributed by atoms with E-state index in [4.69, 9.17) is 10.2 Å². The molecule has 1 saturated carbocycles. The first kappa shape index (κ1) is 10.1. The van der Waals surface area contributed by atoms with Crippen LogP contribution in [0.1, 0.15) is 12.0 Å². The van der Waals surface area contributed by atoms with Crippen LogP contribution >= 0.6 is 0 Å². The summed E-state index contributed by atoms with van der Waals surface area (Å²) in [5, 5.41) is 18.1. The highest BCUT2D eigenvalue weighted by Gasteiger charge is 2.61. The van der Waals surface area contributed by atoms with Crippen molar-refractivity contribution < 1.29 is 19.4 Å². The van der Waals surface area contributed by atoms with E-state index >= 15 is 0 Å². The first-order chi connectivity index (χ1) is 7.11. The number of carboxylic acids is 1. The summed E-state index contributed by atoms with van der Waals surface area (Å²) in [6.45, 7) is -0.178. The SMILES string of the molecule is O=C(O)[C@@]1(c2cccc(F)c2)C[C@@H]1CO. The average Bonchev–Trinajstić information content (AvgIpc) is 2.93. The van der Waals surface area contributed by atoms with Crippen molar-refractivity contribution in [3.8, 4) is 0 Å². The Bertz CT molecular complexity index is 405. The molecule has 2 rings (SSSR count). The monoisotopic (exact) mass is 210 g/mol. The molecule has 15 heavy (non-hydrogen) atoms. The van der Waals surface area contributed by atoms with Crippen molar-refractivity contribution >= 4 is 5.97 Å². The lowest BCUT2D eigenvalue weighted by Gasteiger charge is -2.11. The van der Waals surface area contributed by atoms with Gasteiger partial charge < -0.3 is 10.2 Å². The molecule has 1 aliphatic carbocycles. The average molecular weight is 210 g/mol. The third-order valence-corrected chi connectivity index (χ3v) is 3.05. The largest absolute Gasteiger partial charge is 0.481 e. The summed E-state index contributed by atoms with van der Waals surface area (Å²) in [4.78, 5) is 11.1. The zero-order chi connectivity index (χ0) is 11.1. The van der Waals surface area contributed by atoms with Crippen LogP contribution in [0.2, 0.25) is 0 Å². The Labute approximate surface area is 86.2 Å². The minimum atomic E-state index is -1.07. The standard InChI is InChI=1S/C11H11FO3/c12-9-3-1-2-7(4-9)11(10(14)15)5-8(11)6-13/h1-4,8,13H,5-6H2,(H,14,15)/t8-,11-/m1/s1. The molecule has 1 aromatic rings. The molecule has 0 unspecified atom stereocenters. The Morgan fingerprint density at radius 1 is 1.60 bits per heavy atom. The third-order valence-electron chi connectivity index (χ3n) is 3.05. The number of carboxylic acid groups (broad SMARTS) is 1. The molecule has 80 valence electrons. The third kappa shape index (κ3) is 1.41. The molecule has 0 aromatic heterocycles. The van der Waals surface area contributed by atoms with Gasteiger partial charge in [0.15, 0.2) is 0 Å². The van der Waals surface area contributed by atoms with Gasteiger partial charge in [0.1, 0.15) is 5.82 Å². The summed E-state index contributed by atoms with van der Waals surface area (Å²) in [6, 6.07) is 5.58. The summed E-state index contributed by atoms with van der Waals surface area (Å²) >= 11 is 0. The number of aliphatic hydroxyl groups is 1. The second-order valence-electron chi connectivity index (χ2n) is 3.87. The number of carbonyl (C=O) groups is 1.